The molecule has 0 fully saturated rings. The minimum absolute atomic E-state index is 0.191. The van der Waals surface area contributed by atoms with Gasteiger partial charge in [0.15, 0.2) is 0 Å². The fraction of sp³-hybridized carbons (Fsp3) is 0.188. The molecule has 1 aromatic carbocycles. The van der Waals surface area contributed by atoms with E-state index in [1.807, 2.05) is 18.2 Å². The predicted molar refractivity (Wildman–Crippen MR) is 80.9 cm³/mol. The van der Waals surface area contributed by atoms with E-state index in [-0.39, 0.29) is 5.91 Å². The van der Waals surface area contributed by atoms with Gasteiger partial charge in [0.05, 0.1) is 0 Å². The molecule has 5 nitrogen and oxygen atoms in total. The number of hydrogen-bond donors (Lipinski definition) is 2. The molecule has 0 saturated heterocycles. The van der Waals surface area contributed by atoms with E-state index in [0.29, 0.717) is 11.5 Å². The van der Waals surface area contributed by atoms with E-state index in [4.69, 9.17) is 0 Å². The maximum atomic E-state index is 11.9. The van der Waals surface area contributed by atoms with E-state index in [0.717, 1.165) is 18.8 Å². The first kappa shape index (κ1) is 13.3. The van der Waals surface area contributed by atoms with Gasteiger partial charge in [0.25, 0.3) is 5.91 Å². The van der Waals surface area contributed by atoms with Crippen LogP contribution in [0.4, 0.5) is 0 Å². The van der Waals surface area contributed by atoms with Gasteiger partial charge in [-0.15, -0.1) is 0 Å². The lowest BCUT2D eigenvalue weighted by atomic mass is 9.98. The highest BCUT2D eigenvalue weighted by Crippen LogP contribution is 2.24. The molecule has 2 heterocycles. The van der Waals surface area contributed by atoms with E-state index in [9.17, 15) is 4.79 Å². The maximum Gasteiger partial charge on any atom is 0.269 e. The normalized spacial score (nSPS) is 17.1. The van der Waals surface area contributed by atoms with Gasteiger partial charge in [-0.2, -0.15) is 0 Å². The van der Waals surface area contributed by atoms with Crippen molar-refractivity contribution >= 4 is 11.7 Å². The first-order valence-corrected chi connectivity index (χ1v) is 6.87. The highest BCUT2D eigenvalue weighted by atomic mass is 16.2. The number of aromatic nitrogens is 1. The van der Waals surface area contributed by atoms with Crippen LogP contribution in [0.3, 0.4) is 0 Å². The topological polar surface area (TPSA) is 66.4 Å². The quantitative estimate of drug-likeness (QED) is 0.826. The van der Waals surface area contributed by atoms with E-state index in [1.54, 1.807) is 24.5 Å². The summed E-state index contributed by atoms with van der Waals surface area (Å²) >= 11 is 0. The molecule has 2 aromatic rings. The molecule has 3 rings (SSSR count). The van der Waals surface area contributed by atoms with Gasteiger partial charge in [-0.3, -0.25) is 25.6 Å². The van der Waals surface area contributed by atoms with Crippen LogP contribution >= 0.6 is 0 Å². The van der Waals surface area contributed by atoms with Crippen LogP contribution in [0, 0.1) is 0 Å². The van der Waals surface area contributed by atoms with E-state index >= 15 is 0 Å². The Labute approximate surface area is 123 Å². The van der Waals surface area contributed by atoms with Crippen LogP contribution in [-0.2, 0) is 0 Å². The van der Waals surface area contributed by atoms with E-state index < -0.39 is 0 Å². The van der Waals surface area contributed by atoms with Crippen molar-refractivity contribution < 1.29 is 4.79 Å². The summed E-state index contributed by atoms with van der Waals surface area (Å²) in [4.78, 5) is 20.2. The van der Waals surface area contributed by atoms with Crippen molar-refractivity contribution in [2.45, 2.75) is 12.3 Å². The third-order valence-corrected chi connectivity index (χ3v) is 3.48. The highest BCUT2D eigenvalue weighted by molar-refractivity contribution is 5.96. The molecule has 106 valence electrons. The second-order valence-corrected chi connectivity index (χ2v) is 4.91. The van der Waals surface area contributed by atoms with Crippen molar-refractivity contribution in [2.24, 2.45) is 4.99 Å². The number of hydrazine groups is 1. The zero-order chi connectivity index (χ0) is 14.5. The monoisotopic (exact) mass is 280 g/mol. The van der Waals surface area contributed by atoms with Crippen molar-refractivity contribution in [3.63, 3.8) is 0 Å². The summed E-state index contributed by atoms with van der Waals surface area (Å²) in [6, 6.07) is 13.6. The van der Waals surface area contributed by atoms with Crippen molar-refractivity contribution in [1.29, 1.82) is 0 Å². The summed E-state index contributed by atoms with van der Waals surface area (Å²) in [5, 5.41) is 0. The Morgan fingerprint density at radius 3 is 2.62 bits per heavy atom. The number of hydrogen-bond acceptors (Lipinski definition) is 4. The van der Waals surface area contributed by atoms with E-state index in [2.05, 4.69) is 33.0 Å². The Balaban J connectivity index is 1.53. The van der Waals surface area contributed by atoms with Crippen molar-refractivity contribution in [3.8, 4) is 0 Å². The first-order valence-electron chi connectivity index (χ1n) is 6.87. The lowest BCUT2D eigenvalue weighted by molar-refractivity contribution is 0.0943. The second-order valence-electron chi connectivity index (χ2n) is 4.91. The first-order chi connectivity index (χ1) is 10.3. The van der Waals surface area contributed by atoms with Gasteiger partial charge in [0, 0.05) is 36.8 Å². The minimum Gasteiger partial charge on any atom is -0.285 e. The standard InChI is InChI=1S/C16H16N4O/c21-16(13-6-8-17-9-7-13)20-19-15-10-14(11-18-15)12-4-2-1-3-5-12/h1-9,14H,10-11H2,(H,18,19)(H,20,21). The summed E-state index contributed by atoms with van der Waals surface area (Å²) < 4.78 is 0. The molecule has 1 amide bonds. The van der Waals surface area contributed by atoms with Gasteiger partial charge in [-0.1, -0.05) is 30.3 Å². The van der Waals surface area contributed by atoms with Gasteiger partial charge >= 0.3 is 0 Å². The van der Waals surface area contributed by atoms with Crippen LogP contribution in [0.25, 0.3) is 0 Å². The van der Waals surface area contributed by atoms with Gasteiger partial charge in [0.1, 0.15) is 5.84 Å². The maximum absolute atomic E-state index is 11.9. The summed E-state index contributed by atoms with van der Waals surface area (Å²) in [7, 11) is 0. The summed E-state index contributed by atoms with van der Waals surface area (Å²) in [6.07, 6.45) is 3.99. The zero-order valence-corrected chi connectivity index (χ0v) is 11.5. The number of nitrogens with zero attached hydrogens (tertiary/aromatic N) is 2. The van der Waals surface area contributed by atoms with Gasteiger partial charge in [-0.25, -0.2) is 0 Å². The lowest BCUT2D eigenvalue weighted by Gasteiger charge is -2.10. The summed E-state index contributed by atoms with van der Waals surface area (Å²) in [5.41, 5.74) is 7.42. The SMILES string of the molecule is O=C(NNC1=NCC(c2ccccc2)C1)c1ccncc1. The molecular formula is C16H16N4O. The molecule has 0 radical (unpaired) electrons. The highest BCUT2D eigenvalue weighted by Gasteiger charge is 2.20. The Morgan fingerprint density at radius 2 is 1.86 bits per heavy atom. The molecule has 0 bridgehead atoms. The number of rotatable bonds is 2. The van der Waals surface area contributed by atoms with Crippen LogP contribution in [-0.4, -0.2) is 23.3 Å². The number of benzene rings is 1. The molecule has 2 N–H and O–H groups in total. The largest absolute Gasteiger partial charge is 0.285 e. The second kappa shape index (κ2) is 6.17. The molecule has 0 spiro atoms. The molecule has 1 aliphatic heterocycles. The molecule has 5 heteroatoms. The molecule has 1 unspecified atom stereocenters. The summed E-state index contributed by atoms with van der Waals surface area (Å²) in [6.45, 7) is 0.747. The zero-order valence-electron chi connectivity index (χ0n) is 11.5. The average molecular weight is 280 g/mol. The van der Waals surface area contributed by atoms with Crippen LogP contribution in [0.1, 0.15) is 28.3 Å². The predicted octanol–water partition coefficient (Wildman–Crippen LogP) is 1.90. The number of amides is 1. The number of nitrogens with one attached hydrogen (secondary N) is 2. The molecule has 0 saturated carbocycles. The van der Waals surface area contributed by atoms with Crippen molar-refractivity contribution in [1.82, 2.24) is 15.8 Å². The fourth-order valence-electron chi connectivity index (χ4n) is 2.33. The lowest BCUT2D eigenvalue weighted by Crippen LogP contribution is -2.41. The van der Waals surface area contributed by atoms with Gasteiger partial charge in [0.2, 0.25) is 0 Å². The Kier molecular flexibility index (Phi) is 3.91. The molecule has 1 atom stereocenters. The molecule has 1 aliphatic rings. The van der Waals surface area contributed by atoms with Crippen molar-refractivity contribution in [2.75, 3.05) is 6.54 Å². The Bertz CT molecular complexity index is 640. The number of amidine groups is 1. The molecule has 1 aromatic heterocycles. The Morgan fingerprint density at radius 1 is 1.10 bits per heavy atom. The molecular weight excluding hydrogens is 264 g/mol. The fourth-order valence-corrected chi connectivity index (χ4v) is 2.33. The molecule has 0 aliphatic carbocycles. The smallest absolute Gasteiger partial charge is 0.269 e. The van der Waals surface area contributed by atoms with Crippen LogP contribution in [0.15, 0.2) is 59.9 Å². The third kappa shape index (κ3) is 3.25. The van der Waals surface area contributed by atoms with Crippen LogP contribution in [0.5, 0.6) is 0 Å². The minimum atomic E-state index is -0.191. The van der Waals surface area contributed by atoms with Crippen LogP contribution in [0.2, 0.25) is 0 Å². The average Bonchev–Trinajstić information content (AvgIpc) is 3.03. The van der Waals surface area contributed by atoms with Gasteiger partial charge < -0.3 is 0 Å². The number of carbonyl (C=O) groups is 1. The van der Waals surface area contributed by atoms with Gasteiger partial charge in [-0.05, 0) is 17.7 Å². The number of carbonyl (C=O) groups excluding carboxylic acids is 1. The van der Waals surface area contributed by atoms with Crippen molar-refractivity contribution in [3.05, 3.63) is 66.0 Å². The Hall–Kier alpha value is -2.69. The van der Waals surface area contributed by atoms with E-state index in [1.165, 1.54) is 5.56 Å². The number of pyridine rings is 1. The molecule has 21 heavy (non-hydrogen) atoms. The summed E-state index contributed by atoms with van der Waals surface area (Å²) in [5.74, 6) is 1.00. The third-order valence-electron chi connectivity index (χ3n) is 3.48. The van der Waals surface area contributed by atoms with Crippen LogP contribution < -0.4 is 10.9 Å². The number of aliphatic imine (C=N–C) groups is 1.